The molecule has 1 amide bonds. The van der Waals surface area contributed by atoms with Crippen molar-refractivity contribution in [2.75, 3.05) is 11.9 Å². The number of nitrogens with one attached hydrogen (secondary N) is 1. The van der Waals surface area contributed by atoms with Crippen molar-refractivity contribution in [3.05, 3.63) is 49.0 Å². The van der Waals surface area contributed by atoms with Gasteiger partial charge in [0.15, 0.2) is 6.61 Å². The van der Waals surface area contributed by atoms with E-state index in [2.05, 4.69) is 21.2 Å². The molecule has 4 nitrogen and oxygen atoms in total. The van der Waals surface area contributed by atoms with Gasteiger partial charge >= 0.3 is 5.97 Å². The lowest BCUT2D eigenvalue weighted by atomic mass is 10.3. The topological polar surface area (TPSA) is 55.4 Å². The summed E-state index contributed by atoms with van der Waals surface area (Å²) in [5.74, 6) is -1.08. The zero-order chi connectivity index (χ0) is 15.4. The van der Waals surface area contributed by atoms with Crippen molar-refractivity contribution in [2.24, 2.45) is 0 Å². The van der Waals surface area contributed by atoms with Gasteiger partial charge in [0.25, 0.3) is 5.91 Å². The molecule has 8 heteroatoms. The predicted molar refractivity (Wildman–Crippen MR) is 87.4 cm³/mol. The number of carbonyl (C=O) groups excluding carboxylic acids is 2. The zero-order valence-electron chi connectivity index (χ0n) is 10.4. The van der Waals surface area contributed by atoms with Gasteiger partial charge in [-0.2, -0.15) is 0 Å². The number of hydrogen-bond donors (Lipinski definition) is 1. The van der Waals surface area contributed by atoms with Crippen LogP contribution >= 0.6 is 50.5 Å². The van der Waals surface area contributed by atoms with E-state index in [1.165, 1.54) is 11.3 Å². The lowest BCUT2D eigenvalue weighted by Crippen LogP contribution is -2.21. The highest BCUT2D eigenvalue weighted by Gasteiger charge is 2.14. The first-order chi connectivity index (χ1) is 9.97. The summed E-state index contributed by atoms with van der Waals surface area (Å²) in [5, 5.41) is 3.12. The van der Waals surface area contributed by atoms with Crippen LogP contribution in [0, 0.1) is 0 Å². The van der Waals surface area contributed by atoms with Gasteiger partial charge in [-0.15, -0.1) is 11.3 Å². The van der Waals surface area contributed by atoms with Gasteiger partial charge in [-0.3, -0.25) is 4.79 Å². The molecular formula is C13H8BrCl2NO3S. The van der Waals surface area contributed by atoms with Crippen LogP contribution in [0.1, 0.15) is 9.67 Å². The number of para-hydroxylation sites is 1. The Hall–Kier alpha value is -1.08. The number of amides is 1. The highest BCUT2D eigenvalue weighted by atomic mass is 79.9. The predicted octanol–water partition coefficient (Wildman–Crippen LogP) is 4.61. The van der Waals surface area contributed by atoms with Crippen LogP contribution in [0.3, 0.4) is 0 Å². The first-order valence-electron chi connectivity index (χ1n) is 5.63. The minimum atomic E-state index is -0.564. The van der Waals surface area contributed by atoms with E-state index in [-0.39, 0.29) is 0 Å². The second kappa shape index (κ2) is 7.26. The first kappa shape index (κ1) is 16.3. The number of carbonyl (C=O) groups is 2. The van der Waals surface area contributed by atoms with Crippen LogP contribution in [0.2, 0.25) is 10.0 Å². The van der Waals surface area contributed by atoms with Crippen LogP contribution in [-0.4, -0.2) is 18.5 Å². The Labute approximate surface area is 143 Å². The molecule has 2 aromatic rings. The fraction of sp³-hybridized carbons (Fsp3) is 0.0769. The number of ether oxygens (including phenoxy) is 1. The van der Waals surface area contributed by atoms with E-state index in [1.807, 2.05) is 0 Å². The molecule has 2 rings (SSSR count). The standard InChI is InChI=1S/C13H8BrCl2NO3S/c14-10-5-4-9(21-10)13(19)20-6-11(18)17-12-7(15)2-1-3-8(12)16/h1-5H,6H2,(H,17,18). The van der Waals surface area contributed by atoms with Gasteiger partial charge in [-0.25, -0.2) is 4.79 Å². The number of rotatable bonds is 4. The number of anilines is 1. The molecule has 0 spiro atoms. The third-order valence-electron chi connectivity index (χ3n) is 2.34. The smallest absolute Gasteiger partial charge is 0.348 e. The molecule has 1 N–H and O–H groups in total. The molecule has 0 atom stereocenters. The molecular weight excluding hydrogens is 401 g/mol. The van der Waals surface area contributed by atoms with Crippen LogP contribution in [-0.2, 0) is 9.53 Å². The molecule has 110 valence electrons. The van der Waals surface area contributed by atoms with Crippen LogP contribution < -0.4 is 5.32 Å². The Morgan fingerprint density at radius 2 is 1.86 bits per heavy atom. The minimum Gasteiger partial charge on any atom is -0.451 e. The van der Waals surface area contributed by atoms with Gasteiger partial charge < -0.3 is 10.1 Å². The lowest BCUT2D eigenvalue weighted by Gasteiger charge is -2.09. The van der Waals surface area contributed by atoms with Crippen LogP contribution in [0.15, 0.2) is 34.1 Å². The maximum Gasteiger partial charge on any atom is 0.348 e. The van der Waals surface area contributed by atoms with E-state index >= 15 is 0 Å². The summed E-state index contributed by atoms with van der Waals surface area (Å²) in [4.78, 5) is 23.8. The normalized spacial score (nSPS) is 10.2. The summed E-state index contributed by atoms with van der Waals surface area (Å²) >= 11 is 16.3. The Morgan fingerprint density at radius 1 is 1.19 bits per heavy atom. The molecule has 0 saturated carbocycles. The van der Waals surface area contributed by atoms with Crippen molar-refractivity contribution in [3.8, 4) is 0 Å². The van der Waals surface area contributed by atoms with Gasteiger partial charge in [-0.1, -0.05) is 29.3 Å². The van der Waals surface area contributed by atoms with Crippen molar-refractivity contribution in [2.45, 2.75) is 0 Å². The van der Waals surface area contributed by atoms with E-state index in [0.717, 1.165) is 3.79 Å². The number of thiophene rings is 1. The molecule has 0 aliphatic carbocycles. The summed E-state index contributed by atoms with van der Waals surface area (Å²) < 4.78 is 5.71. The maximum absolute atomic E-state index is 11.7. The molecule has 0 unspecified atom stereocenters. The van der Waals surface area contributed by atoms with Crippen molar-refractivity contribution in [1.82, 2.24) is 0 Å². The molecule has 0 radical (unpaired) electrons. The SMILES string of the molecule is O=C(COC(=O)c1ccc(Br)s1)Nc1c(Cl)cccc1Cl. The Bertz CT molecular complexity index is 670. The number of hydrogen-bond acceptors (Lipinski definition) is 4. The summed E-state index contributed by atoms with van der Waals surface area (Å²) in [6.45, 7) is -0.421. The maximum atomic E-state index is 11.7. The second-order valence-corrected chi connectivity index (χ2v) is 7.10. The fourth-order valence-electron chi connectivity index (χ4n) is 1.42. The van der Waals surface area contributed by atoms with Crippen molar-refractivity contribution in [3.63, 3.8) is 0 Å². The van der Waals surface area contributed by atoms with Gasteiger partial charge in [-0.05, 0) is 40.2 Å². The summed E-state index contributed by atoms with van der Waals surface area (Å²) in [6, 6.07) is 8.19. The number of benzene rings is 1. The largest absolute Gasteiger partial charge is 0.451 e. The average molecular weight is 409 g/mol. The van der Waals surface area contributed by atoms with Crippen molar-refractivity contribution >= 4 is 68.0 Å². The average Bonchev–Trinajstić information content (AvgIpc) is 2.87. The Morgan fingerprint density at radius 3 is 2.43 bits per heavy atom. The van der Waals surface area contributed by atoms with Crippen molar-refractivity contribution in [1.29, 1.82) is 0 Å². The molecule has 0 fully saturated rings. The van der Waals surface area contributed by atoms with Crippen LogP contribution in [0.25, 0.3) is 0 Å². The highest BCUT2D eigenvalue weighted by Crippen LogP contribution is 2.29. The van der Waals surface area contributed by atoms with E-state index in [4.69, 9.17) is 27.9 Å². The molecule has 0 bridgehead atoms. The summed E-state index contributed by atoms with van der Waals surface area (Å²) in [5.41, 5.74) is 0.292. The lowest BCUT2D eigenvalue weighted by molar-refractivity contribution is -0.119. The molecule has 1 aromatic carbocycles. The number of halogens is 3. The number of esters is 1. The van der Waals surface area contributed by atoms with E-state index < -0.39 is 18.5 Å². The quantitative estimate of drug-likeness (QED) is 0.751. The monoisotopic (exact) mass is 407 g/mol. The molecule has 0 saturated heterocycles. The van der Waals surface area contributed by atoms with Gasteiger partial charge in [0, 0.05) is 0 Å². The van der Waals surface area contributed by atoms with Gasteiger partial charge in [0.1, 0.15) is 4.88 Å². The van der Waals surface area contributed by atoms with Crippen LogP contribution in [0.5, 0.6) is 0 Å². The molecule has 21 heavy (non-hydrogen) atoms. The molecule has 0 aliphatic rings. The summed E-state index contributed by atoms with van der Waals surface area (Å²) in [7, 11) is 0. The molecule has 1 aromatic heterocycles. The van der Waals surface area contributed by atoms with E-state index in [9.17, 15) is 9.59 Å². The molecule has 1 heterocycles. The molecule has 0 aliphatic heterocycles. The third kappa shape index (κ3) is 4.44. The Kier molecular flexibility index (Phi) is 5.64. The minimum absolute atomic E-state index is 0.292. The van der Waals surface area contributed by atoms with Gasteiger partial charge in [0.2, 0.25) is 0 Å². The van der Waals surface area contributed by atoms with Crippen LogP contribution in [0.4, 0.5) is 5.69 Å². The highest BCUT2D eigenvalue weighted by molar-refractivity contribution is 9.11. The second-order valence-electron chi connectivity index (χ2n) is 3.82. The fourth-order valence-corrected chi connectivity index (χ4v) is 3.19. The van der Waals surface area contributed by atoms with Crippen molar-refractivity contribution < 1.29 is 14.3 Å². The third-order valence-corrected chi connectivity index (χ3v) is 4.57. The van der Waals surface area contributed by atoms with E-state index in [1.54, 1.807) is 30.3 Å². The van der Waals surface area contributed by atoms with Gasteiger partial charge in [0.05, 0.1) is 19.5 Å². The van der Waals surface area contributed by atoms with E-state index in [0.29, 0.717) is 20.6 Å². The summed E-state index contributed by atoms with van der Waals surface area (Å²) in [6.07, 6.45) is 0. The first-order valence-corrected chi connectivity index (χ1v) is 8.00. The zero-order valence-corrected chi connectivity index (χ0v) is 14.3. The Balaban J connectivity index is 1.92.